The highest BCUT2D eigenvalue weighted by Gasteiger charge is 2.47. The number of benzene rings is 1. The van der Waals surface area contributed by atoms with Gasteiger partial charge in [0.2, 0.25) is 0 Å². The van der Waals surface area contributed by atoms with E-state index in [1.165, 1.54) is 7.11 Å². The number of carbonyl (C=O) groups excluding carboxylic acids is 1. The van der Waals surface area contributed by atoms with Gasteiger partial charge in [-0.15, -0.1) is 0 Å². The van der Waals surface area contributed by atoms with Crippen molar-refractivity contribution in [1.29, 1.82) is 0 Å². The van der Waals surface area contributed by atoms with E-state index in [0.29, 0.717) is 5.02 Å². The summed E-state index contributed by atoms with van der Waals surface area (Å²) in [4.78, 5) is 12.1. The molecule has 0 amide bonds. The van der Waals surface area contributed by atoms with Gasteiger partial charge in [0.05, 0.1) is 25.2 Å². The molecule has 0 saturated carbocycles. The van der Waals surface area contributed by atoms with E-state index in [1.807, 2.05) is 24.3 Å². The predicted octanol–water partition coefficient (Wildman–Crippen LogP) is 3.16. The Labute approximate surface area is 117 Å². The number of esters is 1. The first-order valence-corrected chi connectivity index (χ1v) is 7.05. The van der Waals surface area contributed by atoms with Gasteiger partial charge < -0.3 is 9.47 Å². The van der Waals surface area contributed by atoms with Crippen LogP contribution in [0.3, 0.4) is 0 Å². The van der Waals surface area contributed by atoms with Crippen LogP contribution in [0, 0.1) is 5.92 Å². The van der Waals surface area contributed by atoms with Gasteiger partial charge in [0.15, 0.2) is 0 Å². The molecule has 0 aromatic heterocycles. The highest BCUT2D eigenvalue weighted by molar-refractivity contribution is 6.30. The van der Waals surface area contributed by atoms with Crippen molar-refractivity contribution in [2.45, 2.75) is 37.4 Å². The Bertz CT molecular complexity index is 471. The van der Waals surface area contributed by atoms with Gasteiger partial charge in [-0.3, -0.25) is 4.79 Å². The Morgan fingerprint density at radius 3 is 2.74 bits per heavy atom. The molecule has 0 radical (unpaired) electrons. The van der Waals surface area contributed by atoms with Crippen LogP contribution < -0.4 is 0 Å². The van der Waals surface area contributed by atoms with Crippen LogP contribution in [0.2, 0.25) is 5.02 Å². The van der Waals surface area contributed by atoms with Crippen LogP contribution in [-0.2, 0) is 14.3 Å². The molecule has 19 heavy (non-hydrogen) atoms. The van der Waals surface area contributed by atoms with Gasteiger partial charge in [-0.2, -0.15) is 0 Å². The smallest absolute Gasteiger partial charge is 0.311 e. The minimum atomic E-state index is -0.190. The maximum Gasteiger partial charge on any atom is 0.311 e. The highest BCUT2D eigenvalue weighted by atomic mass is 35.5. The Balaban J connectivity index is 1.92. The van der Waals surface area contributed by atoms with Gasteiger partial charge >= 0.3 is 5.97 Å². The lowest BCUT2D eigenvalue weighted by Gasteiger charge is -2.35. The molecule has 4 heteroatoms. The summed E-state index contributed by atoms with van der Waals surface area (Å²) in [5.41, 5.74) is 1.15. The van der Waals surface area contributed by atoms with Gasteiger partial charge in [-0.05, 0) is 37.0 Å². The molecule has 2 heterocycles. The molecule has 1 aromatic carbocycles. The van der Waals surface area contributed by atoms with E-state index >= 15 is 0 Å². The number of hydrogen-bond acceptors (Lipinski definition) is 3. The fourth-order valence-electron chi connectivity index (χ4n) is 3.37. The van der Waals surface area contributed by atoms with Crippen molar-refractivity contribution in [1.82, 2.24) is 0 Å². The van der Waals surface area contributed by atoms with Crippen molar-refractivity contribution in [2.75, 3.05) is 7.11 Å². The summed E-state index contributed by atoms with van der Waals surface area (Å²) < 4.78 is 10.9. The number of ether oxygens (including phenoxy) is 2. The lowest BCUT2D eigenvalue weighted by atomic mass is 9.79. The second-order valence-electron chi connectivity index (χ2n) is 5.32. The number of carbonyl (C=O) groups is 1. The maximum atomic E-state index is 12.1. The molecule has 2 bridgehead atoms. The lowest BCUT2D eigenvalue weighted by Crippen LogP contribution is -2.39. The lowest BCUT2D eigenvalue weighted by molar-refractivity contribution is -0.156. The SMILES string of the molecule is COC(=O)[C@@H]1[C@@H](c2ccc(Cl)cc2)CC2CC[C@H]1O2. The number of methoxy groups -OCH3 is 1. The van der Waals surface area contributed by atoms with E-state index in [1.54, 1.807) is 0 Å². The highest BCUT2D eigenvalue weighted by Crippen LogP contribution is 2.45. The summed E-state index contributed by atoms with van der Waals surface area (Å²) in [5.74, 6) is -0.175. The van der Waals surface area contributed by atoms with E-state index in [-0.39, 0.29) is 30.0 Å². The van der Waals surface area contributed by atoms with Gasteiger partial charge in [0.1, 0.15) is 0 Å². The molecular formula is C15H17ClO3. The largest absolute Gasteiger partial charge is 0.469 e. The summed E-state index contributed by atoms with van der Waals surface area (Å²) in [5, 5.41) is 0.716. The predicted molar refractivity (Wildman–Crippen MR) is 72.2 cm³/mol. The Hall–Kier alpha value is -1.06. The monoisotopic (exact) mass is 280 g/mol. The summed E-state index contributed by atoms with van der Waals surface area (Å²) in [7, 11) is 1.45. The molecule has 0 spiro atoms. The molecular weight excluding hydrogens is 264 g/mol. The molecule has 102 valence electrons. The number of halogens is 1. The van der Waals surface area contributed by atoms with Crippen LogP contribution in [0.25, 0.3) is 0 Å². The first-order valence-electron chi connectivity index (χ1n) is 6.68. The van der Waals surface area contributed by atoms with E-state index in [9.17, 15) is 4.79 Å². The zero-order valence-corrected chi connectivity index (χ0v) is 11.6. The number of fused-ring (bicyclic) bond motifs is 2. The summed E-state index contributed by atoms with van der Waals surface area (Å²) >= 11 is 5.93. The van der Waals surface area contributed by atoms with Gasteiger partial charge in [-0.25, -0.2) is 0 Å². The zero-order valence-electron chi connectivity index (χ0n) is 10.8. The number of rotatable bonds is 2. The summed E-state index contributed by atoms with van der Waals surface area (Å²) in [6, 6.07) is 7.77. The zero-order chi connectivity index (χ0) is 13.4. The third-order valence-corrected chi connectivity index (χ3v) is 4.51. The summed E-state index contributed by atoms with van der Waals surface area (Å²) in [6.45, 7) is 0. The standard InChI is InChI=1S/C15H17ClO3/c1-18-15(17)14-12(8-11-6-7-13(14)19-11)9-2-4-10(16)5-3-9/h2-5,11-14H,6-8H2,1H3/t11?,12-,13-,14-/m1/s1. The second-order valence-corrected chi connectivity index (χ2v) is 5.75. The van der Waals surface area contributed by atoms with Crippen LogP contribution in [0.15, 0.2) is 24.3 Å². The molecule has 2 aliphatic heterocycles. The first kappa shape index (κ1) is 12.9. The van der Waals surface area contributed by atoms with Crippen LogP contribution in [0.5, 0.6) is 0 Å². The van der Waals surface area contributed by atoms with Crippen molar-refractivity contribution in [3.05, 3.63) is 34.9 Å². The molecule has 3 rings (SSSR count). The van der Waals surface area contributed by atoms with Crippen LogP contribution in [-0.4, -0.2) is 25.3 Å². The van der Waals surface area contributed by atoms with Crippen molar-refractivity contribution in [3.8, 4) is 0 Å². The molecule has 0 N–H and O–H groups in total. The average molecular weight is 281 g/mol. The molecule has 3 nitrogen and oxygen atoms in total. The van der Waals surface area contributed by atoms with Crippen LogP contribution in [0.4, 0.5) is 0 Å². The molecule has 1 aromatic rings. The van der Waals surface area contributed by atoms with E-state index in [4.69, 9.17) is 21.1 Å². The Kier molecular flexibility index (Phi) is 3.50. The normalized spacial score (nSPS) is 33.2. The van der Waals surface area contributed by atoms with Gasteiger partial charge in [0.25, 0.3) is 0 Å². The summed E-state index contributed by atoms with van der Waals surface area (Å²) in [6.07, 6.45) is 3.17. The van der Waals surface area contributed by atoms with Crippen LogP contribution >= 0.6 is 11.6 Å². The van der Waals surface area contributed by atoms with Gasteiger partial charge in [0, 0.05) is 10.9 Å². The van der Waals surface area contributed by atoms with E-state index in [0.717, 1.165) is 24.8 Å². The Morgan fingerprint density at radius 1 is 1.32 bits per heavy atom. The molecule has 0 aliphatic carbocycles. The third kappa shape index (κ3) is 2.37. The molecule has 1 unspecified atom stereocenters. The molecule has 2 saturated heterocycles. The third-order valence-electron chi connectivity index (χ3n) is 4.26. The Morgan fingerprint density at radius 2 is 2.05 bits per heavy atom. The minimum Gasteiger partial charge on any atom is -0.469 e. The van der Waals surface area contributed by atoms with E-state index in [2.05, 4.69) is 0 Å². The van der Waals surface area contributed by atoms with Crippen molar-refractivity contribution in [2.24, 2.45) is 5.92 Å². The average Bonchev–Trinajstić information content (AvgIpc) is 2.80. The topological polar surface area (TPSA) is 35.5 Å². The second kappa shape index (κ2) is 5.14. The van der Waals surface area contributed by atoms with Gasteiger partial charge in [-0.1, -0.05) is 23.7 Å². The van der Waals surface area contributed by atoms with Crippen molar-refractivity contribution in [3.63, 3.8) is 0 Å². The van der Waals surface area contributed by atoms with Crippen LogP contribution in [0.1, 0.15) is 30.7 Å². The molecule has 2 aliphatic rings. The number of hydrogen-bond donors (Lipinski definition) is 0. The maximum absolute atomic E-state index is 12.1. The quantitative estimate of drug-likeness (QED) is 0.781. The first-order chi connectivity index (χ1) is 9.19. The minimum absolute atomic E-state index is 0.00637. The van der Waals surface area contributed by atoms with Crippen molar-refractivity contribution < 1.29 is 14.3 Å². The fourth-order valence-corrected chi connectivity index (χ4v) is 3.49. The molecule has 2 fully saturated rings. The molecule has 4 atom stereocenters. The van der Waals surface area contributed by atoms with E-state index < -0.39 is 0 Å². The fraction of sp³-hybridized carbons (Fsp3) is 0.533. The van der Waals surface area contributed by atoms with Crippen molar-refractivity contribution >= 4 is 17.6 Å².